The van der Waals surface area contributed by atoms with E-state index < -0.39 is 0 Å². The third kappa shape index (κ3) is 5.39. The predicted molar refractivity (Wildman–Crippen MR) is 62.0 cm³/mol. The second-order valence-electron chi connectivity index (χ2n) is 2.35. The smallest absolute Gasteiger partial charge is 0.217 e. The average molecular weight is 258 g/mol. The Labute approximate surface area is 99.1 Å². The van der Waals surface area contributed by atoms with E-state index >= 15 is 0 Å². The van der Waals surface area contributed by atoms with Crippen LogP contribution in [0.4, 0.5) is 0 Å². The van der Waals surface area contributed by atoms with Crippen LogP contribution in [0, 0.1) is 0 Å². The van der Waals surface area contributed by atoms with E-state index in [2.05, 4.69) is 10.3 Å². The molecule has 1 amide bonds. The van der Waals surface area contributed by atoms with E-state index in [-0.39, 0.29) is 30.7 Å². The fourth-order valence-electron chi connectivity index (χ4n) is 0.724. The van der Waals surface area contributed by atoms with E-state index in [1.54, 1.807) is 0 Å². The highest BCUT2D eigenvalue weighted by Crippen LogP contribution is 2.08. The first kappa shape index (κ1) is 16.1. The fourth-order valence-corrected chi connectivity index (χ4v) is 1.47. The first-order chi connectivity index (χ1) is 5.72. The van der Waals surface area contributed by atoms with Gasteiger partial charge >= 0.3 is 0 Å². The zero-order chi connectivity index (χ0) is 8.97. The molecule has 0 aliphatic carbocycles. The Morgan fingerprint density at radius 2 is 2.29 bits per heavy atom. The number of carbonyl (C=O) groups is 1. The summed E-state index contributed by atoms with van der Waals surface area (Å²) in [5, 5.41) is 5.46. The monoisotopic (exact) mass is 257 g/mol. The molecule has 0 spiro atoms. The number of nitrogens with two attached hydrogens (primary N) is 1. The number of rotatable bonds is 3. The van der Waals surface area contributed by atoms with E-state index in [0.29, 0.717) is 13.1 Å². The molecule has 3 N–H and O–H groups in total. The molecule has 1 rings (SSSR count). The van der Waals surface area contributed by atoms with Gasteiger partial charge in [0.15, 0.2) is 0 Å². The summed E-state index contributed by atoms with van der Waals surface area (Å²) in [4.78, 5) is 14.7. The molecular weight excluding hydrogens is 245 g/mol. The predicted octanol–water partition coefficient (Wildman–Crippen LogP) is 1.08. The molecular formula is C7H13Cl2N3OS. The minimum absolute atomic E-state index is 0. The van der Waals surface area contributed by atoms with Crippen molar-refractivity contribution in [1.82, 2.24) is 10.3 Å². The highest BCUT2D eigenvalue weighted by molar-refractivity contribution is 7.09. The number of aromatic nitrogens is 1. The van der Waals surface area contributed by atoms with Gasteiger partial charge < -0.3 is 11.1 Å². The Hall–Kier alpha value is -0.360. The maximum atomic E-state index is 10.5. The Morgan fingerprint density at radius 3 is 2.71 bits per heavy atom. The van der Waals surface area contributed by atoms with Crippen LogP contribution in [0.15, 0.2) is 5.38 Å². The molecule has 1 heterocycles. The summed E-state index contributed by atoms with van der Waals surface area (Å²) in [5.74, 6) is -0.0421. The molecule has 7 heteroatoms. The molecule has 0 bridgehead atoms. The van der Waals surface area contributed by atoms with Gasteiger partial charge in [0, 0.05) is 18.8 Å². The number of carbonyl (C=O) groups excluding carboxylic acids is 1. The first-order valence-electron chi connectivity index (χ1n) is 3.60. The molecule has 0 radical (unpaired) electrons. The number of hydrogen-bond donors (Lipinski definition) is 2. The van der Waals surface area contributed by atoms with Crippen molar-refractivity contribution in [3.8, 4) is 0 Å². The molecule has 0 aliphatic rings. The molecule has 1 aromatic rings. The second kappa shape index (κ2) is 7.99. The summed E-state index contributed by atoms with van der Waals surface area (Å²) in [5.41, 5.74) is 6.25. The highest BCUT2D eigenvalue weighted by Gasteiger charge is 2.00. The molecule has 0 fully saturated rings. The third-order valence-corrected chi connectivity index (χ3v) is 2.19. The van der Waals surface area contributed by atoms with Crippen molar-refractivity contribution in [2.75, 3.05) is 0 Å². The van der Waals surface area contributed by atoms with Crippen LogP contribution < -0.4 is 11.1 Å². The van der Waals surface area contributed by atoms with E-state index in [1.807, 2.05) is 5.38 Å². The fraction of sp³-hybridized carbons (Fsp3) is 0.429. The van der Waals surface area contributed by atoms with E-state index in [4.69, 9.17) is 5.73 Å². The zero-order valence-electron chi connectivity index (χ0n) is 7.65. The topological polar surface area (TPSA) is 68.0 Å². The third-order valence-electron chi connectivity index (χ3n) is 1.30. The number of halogens is 2. The number of nitrogens with zero attached hydrogens (tertiary/aromatic N) is 1. The van der Waals surface area contributed by atoms with Crippen molar-refractivity contribution in [3.63, 3.8) is 0 Å². The van der Waals surface area contributed by atoms with Gasteiger partial charge in [-0.2, -0.15) is 0 Å². The molecule has 0 atom stereocenters. The molecule has 0 aromatic carbocycles. The van der Waals surface area contributed by atoms with Crippen molar-refractivity contribution in [3.05, 3.63) is 16.1 Å². The summed E-state index contributed by atoms with van der Waals surface area (Å²) >= 11 is 1.51. The number of hydrogen-bond acceptors (Lipinski definition) is 4. The van der Waals surface area contributed by atoms with Gasteiger partial charge in [0.2, 0.25) is 5.91 Å². The standard InChI is InChI=1S/C7H11N3OS.2ClH/c1-5(11)9-3-7-10-6(2-8)4-12-7;;/h4H,2-3,8H2,1H3,(H,9,11);2*1H. The summed E-state index contributed by atoms with van der Waals surface area (Å²) in [6.45, 7) is 2.44. The van der Waals surface area contributed by atoms with Crippen molar-refractivity contribution in [2.45, 2.75) is 20.0 Å². The normalized spacial score (nSPS) is 8.43. The largest absolute Gasteiger partial charge is 0.350 e. The minimum atomic E-state index is -0.0421. The molecule has 0 saturated carbocycles. The van der Waals surface area contributed by atoms with E-state index in [0.717, 1.165) is 10.7 Å². The number of nitrogens with one attached hydrogen (secondary N) is 1. The lowest BCUT2D eigenvalue weighted by molar-refractivity contribution is -0.119. The molecule has 1 aromatic heterocycles. The van der Waals surface area contributed by atoms with Crippen molar-refractivity contribution in [1.29, 1.82) is 0 Å². The van der Waals surface area contributed by atoms with Gasteiger partial charge in [0.05, 0.1) is 12.2 Å². The lowest BCUT2D eigenvalue weighted by Crippen LogP contribution is -2.18. The SMILES string of the molecule is CC(=O)NCc1nc(CN)cs1.Cl.Cl. The van der Waals surface area contributed by atoms with Gasteiger partial charge in [-0.15, -0.1) is 36.2 Å². The van der Waals surface area contributed by atoms with Gasteiger partial charge in [-0.05, 0) is 0 Å². The van der Waals surface area contributed by atoms with Crippen LogP contribution in [-0.4, -0.2) is 10.9 Å². The van der Waals surface area contributed by atoms with Crippen LogP contribution in [0.1, 0.15) is 17.6 Å². The zero-order valence-corrected chi connectivity index (χ0v) is 10.1. The van der Waals surface area contributed by atoms with Gasteiger partial charge in [0.25, 0.3) is 0 Å². The number of amides is 1. The van der Waals surface area contributed by atoms with Crippen molar-refractivity contribution < 1.29 is 4.79 Å². The Balaban J connectivity index is 0. The molecule has 82 valence electrons. The van der Waals surface area contributed by atoms with Crippen LogP contribution >= 0.6 is 36.2 Å². The number of thiazole rings is 1. The van der Waals surface area contributed by atoms with Crippen LogP contribution in [-0.2, 0) is 17.9 Å². The van der Waals surface area contributed by atoms with Gasteiger partial charge in [-0.1, -0.05) is 0 Å². The van der Waals surface area contributed by atoms with E-state index in [9.17, 15) is 4.79 Å². The van der Waals surface area contributed by atoms with Crippen LogP contribution in [0.3, 0.4) is 0 Å². The lowest BCUT2D eigenvalue weighted by atomic mass is 10.5. The van der Waals surface area contributed by atoms with Crippen molar-refractivity contribution >= 4 is 42.1 Å². The first-order valence-corrected chi connectivity index (χ1v) is 4.48. The Morgan fingerprint density at radius 1 is 1.64 bits per heavy atom. The Kier molecular flexibility index (Phi) is 9.18. The average Bonchev–Trinajstić information content (AvgIpc) is 2.48. The van der Waals surface area contributed by atoms with Crippen LogP contribution in [0.25, 0.3) is 0 Å². The van der Waals surface area contributed by atoms with Gasteiger partial charge in [0.1, 0.15) is 5.01 Å². The lowest BCUT2D eigenvalue weighted by Gasteiger charge is -1.95. The summed E-state index contributed by atoms with van der Waals surface area (Å²) in [6.07, 6.45) is 0. The van der Waals surface area contributed by atoms with Crippen LogP contribution in [0.5, 0.6) is 0 Å². The molecule has 14 heavy (non-hydrogen) atoms. The van der Waals surface area contributed by atoms with Gasteiger partial charge in [-0.3, -0.25) is 4.79 Å². The maximum Gasteiger partial charge on any atom is 0.217 e. The molecule has 0 unspecified atom stereocenters. The summed E-state index contributed by atoms with van der Waals surface area (Å²) in [6, 6.07) is 0. The van der Waals surface area contributed by atoms with Gasteiger partial charge in [-0.25, -0.2) is 4.98 Å². The van der Waals surface area contributed by atoms with Crippen LogP contribution in [0.2, 0.25) is 0 Å². The summed E-state index contributed by atoms with van der Waals surface area (Å²) < 4.78 is 0. The van der Waals surface area contributed by atoms with E-state index in [1.165, 1.54) is 18.3 Å². The minimum Gasteiger partial charge on any atom is -0.350 e. The summed E-state index contributed by atoms with van der Waals surface area (Å²) in [7, 11) is 0. The highest BCUT2D eigenvalue weighted by atomic mass is 35.5. The quantitative estimate of drug-likeness (QED) is 0.852. The van der Waals surface area contributed by atoms with Crippen molar-refractivity contribution in [2.24, 2.45) is 5.73 Å². The maximum absolute atomic E-state index is 10.5. The molecule has 0 saturated heterocycles. The molecule has 0 aliphatic heterocycles. The molecule has 4 nitrogen and oxygen atoms in total. The second-order valence-corrected chi connectivity index (χ2v) is 3.29. The Bertz CT molecular complexity index is 280.